The molecule has 0 radical (unpaired) electrons. The summed E-state index contributed by atoms with van der Waals surface area (Å²) in [5, 5.41) is 3.40. The first kappa shape index (κ1) is 16.4. The Morgan fingerprint density at radius 1 is 1.33 bits per heavy atom. The number of hydrogen-bond donors (Lipinski definition) is 1. The largest absolute Gasteiger partial charge is 0.314 e. The summed E-state index contributed by atoms with van der Waals surface area (Å²) >= 11 is 0. The zero-order valence-electron chi connectivity index (χ0n) is 13.3. The second-order valence-electron chi connectivity index (χ2n) is 6.35. The molecule has 118 valence electrons. The standard InChI is InChI=1S/C15H25N3O2S/c1-15(2)12-16-8-9-18(15)11-13-6-5-7-14(10-13)21(19,20)17(3)4/h5-7,10,16H,8-9,11-12H2,1-4H3. The molecule has 1 aromatic rings. The predicted octanol–water partition coefficient (Wildman–Crippen LogP) is 1.12. The van der Waals surface area contributed by atoms with Crippen molar-refractivity contribution in [2.45, 2.75) is 30.8 Å². The van der Waals surface area contributed by atoms with E-state index in [1.54, 1.807) is 26.2 Å². The van der Waals surface area contributed by atoms with Crippen molar-refractivity contribution in [1.29, 1.82) is 0 Å². The number of piperazine rings is 1. The first-order valence-corrected chi connectivity index (χ1v) is 8.65. The summed E-state index contributed by atoms with van der Waals surface area (Å²) in [5.74, 6) is 0. The van der Waals surface area contributed by atoms with Gasteiger partial charge in [0.25, 0.3) is 0 Å². The number of hydrogen-bond acceptors (Lipinski definition) is 4. The van der Waals surface area contributed by atoms with E-state index in [9.17, 15) is 8.42 Å². The third-order valence-corrected chi connectivity index (χ3v) is 5.83. The second-order valence-corrected chi connectivity index (χ2v) is 8.50. The van der Waals surface area contributed by atoms with Crippen molar-refractivity contribution >= 4 is 10.0 Å². The van der Waals surface area contributed by atoms with Crippen molar-refractivity contribution in [2.24, 2.45) is 0 Å². The number of rotatable bonds is 4. The summed E-state index contributed by atoms with van der Waals surface area (Å²) < 4.78 is 25.7. The molecule has 1 saturated heterocycles. The minimum Gasteiger partial charge on any atom is -0.314 e. The number of benzene rings is 1. The maximum Gasteiger partial charge on any atom is 0.242 e. The number of nitrogens with zero attached hydrogens (tertiary/aromatic N) is 2. The minimum atomic E-state index is -3.37. The topological polar surface area (TPSA) is 52.7 Å². The zero-order valence-corrected chi connectivity index (χ0v) is 14.1. The third kappa shape index (κ3) is 3.63. The van der Waals surface area contributed by atoms with Crippen LogP contribution in [0, 0.1) is 0 Å². The molecule has 1 heterocycles. The van der Waals surface area contributed by atoms with Crippen molar-refractivity contribution in [3.05, 3.63) is 29.8 Å². The van der Waals surface area contributed by atoms with Crippen molar-refractivity contribution in [3.8, 4) is 0 Å². The maximum absolute atomic E-state index is 12.2. The first-order chi connectivity index (χ1) is 9.73. The average molecular weight is 311 g/mol. The SMILES string of the molecule is CN(C)S(=O)(=O)c1cccc(CN2CCNCC2(C)C)c1. The molecule has 6 heteroatoms. The maximum atomic E-state index is 12.2. The Hall–Kier alpha value is -0.950. The summed E-state index contributed by atoms with van der Waals surface area (Å²) in [4.78, 5) is 2.75. The lowest BCUT2D eigenvalue weighted by molar-refractivity contribution is 0.0827. The minimum absolute atomic E-state index is 0.0781. The molecule has 0 aliphatic carbocycles. The smallest absolute Gasteiger partial charge is 0.242 e. The molecule has 0 amide bonds. The Bertz CT molecular complexity index is 597. The molecule has 0 atom stereocenters. The van der Waals surface area contributed by atoms with Crippen LogP contribution in [0.4, 0.5) is 0 Å². The molecular formula is C15H25N3O2S. The monoisotopic (exact) mass is 311 g/mol. The molecular weight excluding hydrogens is 286 g/mol. The van der Waals surface area contributed by atoms with Gasteiger partial charge < -0.3 is 5.32 Å². The predicted molar refractivity (Wildman–Crippen MR) is 84.7 cm³/mol. The van der Waals surface area contributed by atoms with Gasteiger partial charge in [0, 0.05) is 45.8 Å². The van der Waals surface area contributed by atoms with E-state index >= 15 is 0 Å². The van der Waals surface area contributed by atoms with E-state index in [0.717, 1.165) is 31.7 Å². The molecule has 2 rings (SSSR count). The summed E-state index contributed by atoms with van der Waals surface area (Å²) in [6, 6.07) is 7.25. The van der Waals surface area contributed by atoms with E-state index in [0.29, 0.717) is 4.90 Å². The van der Waals surface area contributed by atoms with Crippen LogP contribution >= 0.6 is 0 Å². The highest BCUT2D eigenvalue weighted by Gasteiger charge is 2.29. The molecule has 1 aliphatic rings. The highest BCUT2D eigenvalue weighted by molar-refractivity contribution is 7.89. The van der Waals surface area contributed by atoms with Crippen LogP contribution in [0.3, 0.4) is 0 Å². The summed E-state index contributed by atoms with van der Waals surface area (Å²) in [6.45, 7) is 8.07. The van der Waals surface area contributed by atoms with Gasteiger partial charge in [-0.2, -0.15) is 0 Å². The zero-order chi connectivity index (χ0) is 15.7. The molecule has 0 bridgehead atoms. The van der Waals surface area contributed by atoms with Gasteiger partial charge in [-0.25, -0.2) is 12.7 Å². The van der Waals surface area contributed by atoms with Gasteiger partial charge in [-0.3, -0.25) is 4.90 Å². The molecule has 0 unspecified atom stereocenters. The van der Waals surface area contributed by atoms with Crippen LogP contribution in [-0.4, -0.2) is 56.9 Å². The molecule has 1 fully saturated rings. The van der Waals surface area contributed by atoms with Crippen molar-refractivity contribution in [3.63, 3.8) is 0 Å². The van der Waals surface area contributed by atoms with Gasteiger partial charge in [-0.15, -0.1) is 0 Å². The number of nitrogens with one attached hydrogen (secondary N) is 1. The van der Waals surface area contributed by atoms with Crippen LogP contribution in [0.5, 0.6) is 0 Å². The van der Waals surface area contributed by atoms with Crippen LogP contribution < -0.4 is 5.32 Å². The highest BCUT2D eigenvalue weighted by atomic mass is 32.2. The van der Waals surface area contributed by atoms with Gasteiger partial charge in [0.2, 0.25) is 10.0 Å². The first-order valence-electron chi connectivity index (χ1n) is 7.21. The lowest BCUT2D eigenvalue weighted by Gasteiger charge is -2.43. The van der Waals surface area contributed by atoms with Crippen LogP contribution in [0.1, 0.15) is 19.4 Å². The average Bonchev–Trinajstić information content (AvgIpc) is 2.41. The molecule has 1 aromatic carbocycles. The normalized spacial score (nSPS) is 19.9. The molecule has 0 saturated carbocycles. The highest BCUT2D eigenvalue weighted by Crippen LogP contribution is 2.21. The van der Waals surface area contributed by atoms with E-state index in [1.807, 2.05) is 12.1 Å². The Labute approximate surface area is 128 Å². The van der Waals surface area contributed by atoms with Gasteiger partial charge >= 0.3 is 0 Å². The molecule has 0 spiro atoms. The van der Waals surface area contributed by atoms with Crippen LogP contribution in [-0.2, 0) is 16.6 Å². The van der Waals surface area contributed by atoms with Gasteiger partial charge in [-0.05, 0) is 31.5 Å². The van der Waals surface area contributed by atoms with E-state index in [-0.39, 0.29) is 5.54 Å². The van der Waals surface area contributed by atoms with Crippen LogP contribution in [0.25, 0.3) is 0 Å². The van der Waals surface area contributed by atoms with Gasteiger partial charge in [-0.1, -0.05) is 12.1 Å². The molecule has 1 aliphatic heterocycles. The summed E-state index contributed by atoms with van der Waals surface area (Å²) in [5.41, 5.74) is 1.11. The lowest BCUT2D eigenvalue weighted by atomic mass is 9.99. The fraction of sp³-hybridized carbons (Fsp3) is 0.600. The third-order valence-electron chi connectivity index (χ3n) is 4.02. The van der Waals surface area contributed by atoms with Gasteiger partial charge in [0.05, 0.1) is 4.90 Å². The van der Waals surface area contributed by atoms with Crippen LogP contribution in [0.2, 0.25) is 0 Å². The number of sulfonamides is 1. The van der Waals surface area contributed by atoms with Gasteiger partial charge in [0.1, 0.15) is 0 Å². The molecule has 5 nitrogen and oxygen atoms in total. The summed E-state index contributed by atoms with van der Waals surface area (Å²) in [6.07, 6.45) is 0. The Balaban J connectivity index is 2.22. The van der Waals surface area contributed by atoms with E-state index in [1.165, 1.54) is 4.31 Å². The second kappa shape index (κ2) is 6.04. The molecule has 0 aromatic heterocycles. The van der Waals surface area contributed by atoms with Gasteiger partial charge in [0.15, 0.2) is 0 Å². The van der Waals surface area contributed by atoms with E-state index < -0.39 is 10.0 Å². The van der Waals surface area contributed by atoms with Crippen molar-refractivity contribution < 1.29 is 8.42 Å². The van der Waals surface area contributed by atoms with E-state index in [4.69, 9.17) is 0 Å². The Morgan fingerprint density at radius 3 is 2.67 bits per heavy atom. The van der Waals surface area contributed by atoms with Crippen LogP contribution in [0.15, 0.2) is 29.2 Å². The van der Waals surface area contributed by atoms with E-state index in [2.05, 4.69) is 24.1 Å². The summed E-state index contributed by atoms with van der Waals surface area (Å²) in [7, 11) is -0.253. The van der Waals surface area contributed by atoms with Crippen molar-refractivity contribution in [2.75, 3.05) is 33.7 Å². The molecule has 21 heavy (non-hydrogen) atoms. The quantitative estimate of drug-likeness (QED) is 0.905. The Morgan fingerprint density at radius 2 is 2.05 bits per heavy atom. The molecule has 1 N–H and O–H groups in total. The fourth-order valence-electron chi connectivity index (χ4n) is 2.55. The fourth-order valence-corrected chi connectivity index (χ4v) is 3.52. The lowest BCUT2D eigenvalue weighted by Crippen LogP contribution is -2.57. The Kier molecular flexibility index (Phi) is 4.72. The van der Waals surface area contributed by atoms with Crippen molar-refractivity contribution in [1.82, 2.24) is 14.5 Å².